The zero-order valence-corrected chi connectivity index (χ0v) is 13.7. The van der Waals surface area contributed by atoms with E-state index in [1.165, 1.54) is 18.4 Å². The Morgan fingerprint density at radius 3 is 2.87 bits per heavy atom. The van der Waals surface area contributed by atoms with Crippen LogP contribution in [0.3, 0.4) is 0 Å². The molecule has 0 unspecified atom stereocenters. The molecule has 0 spiro atoms. The molecule has 2 atom stereocenters. The van der Waals surface area contributed by atoms with Crippen LogP contribution >= 0.6 is 0 Å². The van der Waals surface area contributed by atoms with Gasteiger partial charge >= 0.3 is 6.03 Å². The van der Waals surface area contributed by atoms with E-state index < -0.39 is 0 Å². The van der Waals surface area contributed by atoms with Gasteiger partial charge < -0.3 is 19.7 Å². The van der Waals surface area contributed by atoms with Crippen LogP contribution in [0.25, 0.3) is 0 Å². The van der Waals surface area contributed by atoms with Crippen molar-refractivity contribution in [3.8, 4) is 0 Å². The standard InChI is InChI=1S/C18H26N2O3/c1-22-13-17(15-7-8-15)19-18(21)20-9-10-23-16(12-20)11-14-5-3-2-4-6-14/h2-6,15-17H,7-13H2,1H3,(H,19,21)/t16-,17+/m1/s1. The van der Waals surface area contributed by atoms with Gasteiger partial charge in [-0.25, -0.2) is 4.79 Å². The first-order valence-electron chi connectivity index (χ1n) is 8.46. The first kappa shape index (κ1) is 16.3. The summed E-state index contributed by atoms with van der Waals surface area (Å²) in [4.78, 5) is 14.4. The molecule has 3 rings (SSSR count). The van der Waals surface area contributed by atoms with Gasteiger partial charge in [0.15, 0.2) is 0 Å². The van der Waals surface area contributed by atoms with Crippen LogP contribution in [0.5, 0.6) is 0 Å². The number of nitrogens with one attached hydrogen (secondary N) is 1. The highest BCUT2D eigenvalue weighted by Gasteiger charge is 2.34. The SMILES string of the molecule is COC[C@H](NC(=O)N1CCO[C@H](Cc2ccccc2)C1)C1CC1. The van der Waals surface area contributed by atoms with Crippen LogP contribution in [0, 0.1) is 5.92 Å². The van der Waals surface area contributed by atoms with Crippen molar-refractivity contribution in [1.82, 2.24) is 10.2 Å². The number of benzene rings is 1. The lowest BCUT2D eigenvalue weighted by molar-refractivity contribution is -0.0141. The van der Waals surface area contributed by atoms with Gasteiger partial charge in [-0.1, -0.05) is 30.3 Å². The van der Waals surface area contributed by atoms with E-state index in [-0.39, 0.29) is 18.2 Å². The van der Waals surface area contributed by atoms with E-state index in [0.29, 0.717) is 32.2 Å². The number of carbonyl (C=O) groups is 1. The van der Waals surface area contributed by atoms with E-state index in [9.17, 15) is 4.79 Å². The molecule has 2 amide bonds. The Morgan fingerprint density at radius 1 is 1.39 bits per heavy atom. The summed E-state index contributed by atoms with van der Waals surface area (Å²) in [5, 5.41) is 3.14. The first-order chi connectivity index (χ1) is 11.3. The summed E-state index contributed by atoms with van der Waals surface area (Å²) in [5.74, 6) is 0.583. The van der Waals surface area contributed by atoms with Gasteiger partial charge in [-0.2, -0.15) is 0 Å². The number of morpholine rings is 1. The molecule has 0 radical (unpaired) electrons. The highest BCUT2D eigenvalue weighted by Crippen LogP contribution is 2.32. The molecule has 0 aromatic heterocycles. The third-order valence-electron chi connectivity index (χ3n) is 4.58. The summed E-state index contributed by atoms with van der Waals surface area (Å²) >= 11 is 0. The number of hydrogen-bond acceptors (Lipinski definition) is 3. The maximum absolute atomic E-state index is 12.5. The van der Waals surface area contributed by atoms with Gasteiger partial charge in [0, 0.05) is 26.6 Å². The Bertz CT molecular complexity index is 504. The smallest absolute Gasteiger partial charge is 0.317 e. The monoisotopic (exact) mass is 318 g/mol. The average Bonchev–Trinajstić information content (AvgIpc) is 3.40. The molecular formula is C18H26N2O3. The fourth-order valence-electron chi connectivity index (χ4n) is 3.13. The van der Waals surface area contributed by atoms with Gasteiger partial charge in [-0.3, -0.25) is 0 Å². The minimum Gasteiger partial charge on any atom is -0.383 e. The Labute approximate surface area is 137 Å². The van der Waals surface area contributed by atoms with E-state index in [2.05, 4.69) is 17.4 Å². The van der Waals surface area contributed by atoms with Crippen LogP contribution in [0.2, 0.25) is 0 Å². The molecule has 126 valence electrons. The Kier molecular flexibility index (Phi) is 5.51. The van der Waals surface area contributed by atoms with Crippen molar-refractivity contribution in [2.24, 2.45) is 5.92 Å². The second kappa shape index (κ2) is 7.79. The largest absolute Gasteiger partial charge is 0.383 e. The van der Waals surface area contributed by atoms with E-state index in [1.54, 1.807) is 7.11 Å². The Balaban J connectivity index is 1.52. The molecule has 1 saturated carbocycles. The quantitative estimate of drug-likeness (QED) is 0.873. The lowest BCUT2D eigenvalue weighted by atomic mass is 10.1. The molecular weight excluding hydrogens is 292 g/mol. The molecule has 2 fully saturated rings. The number of methoxy groups -OCH3 is 1. The first-order valence-corrected chi connectivity index (χ1v) is 8.46. The van der Waals surface area contributed by atoms with Gasteiger partial charge in [-0.15, -0.1) is 0 Å². The molecule has 1 N–H and O–H groups in total. The zero-order valence-electron chi connectivity index (χ0n) is 13.7. The van der Waals surface area contributed by atoms with Gasteiger partial charge in [0.2, 0.25) is 0 Å². The van der Waals surface area contributed by atoms with Gasteiger partial charge in [0.05, 0.1) is 25.4 Å². The van der Waals surface area contributed by atoms with E-state index in [0.717, 1.165) is 6.42 Å². The summed E-state index contributed by atoms with van der Waals surface area (Å²) in [6.45, 7) is 2.49. The number of ether oxygens (including phenoxy) is 2. The molecule has 0 bridgehead atoms. The molecule has 1 aromatic rings. The number of amides is 2. The van der Waals surface area contributed by atoms with Crippen molar-refractivity contribution in [2.75, 3.05) is 33.4 Å². The summed E-state index contributed by atoms with van der Waals surface area (Å²) in [5.41, 5.74) is 1.25. The van der Waals surface area contributed by atoms with Crippen molar-refractivity contribution >= 4 is 6.03 Å². The predicted molar refractivity (Wildman–Crippen MR) is 88.4 cm³/mol. The van der Waals surface area contributed by atoms with Gasteiger partial charge in [-0.05, 0) is 24.3 Å². The van der Waals surface area contributed by atoms with E-state index in [4.69, 9.17) is 9.47 Å². The zero-order chi connectivity index (χ0) is 16.1. The van der Waals surface area contributed by atoms with Crippen LogP contribution in [0.1, 0.15) is 18.4 Å². The number of urea groups is 1. The fraction of sp³-hybridized carbons (Fsp3) is 0.611. The third-order valence-corrected chi connectivity index (χ3v) is 4.58. The average molecular weight is 318 g/mol. The van der Waals surface area contributed by atoms with Crippen molar-refractivity contribution in [3.05, 3.63) is 35.9 Å². The molecule has 1 aliphatic heterocycles. The summed E-state index contributed by atoms with van der Waals surface area (Å²) in [6.07, 6.45) is 3.29. The van der Waals surface area contributed by atoms with Crippen LogP contribution < -0.4 is 5.32 Å². The van der Waals surface area contributed by atoms with Gasteiger partial charge in [0.25, 0.3) is 0 Å². The second-order valence-electron chi connectivity index (χ2n) is 6.48. The van der Waals surface area contributed by atoms with E-state index >= 15 is 0 Å². The molecule has 23 heavy (non-hydrogen) atoms. The number of carbonyl (C=O) groups excluding carboxylic acids is 1. The predicted octanol–water partition coefficient (Wildman–Crippen LogP) is 2.06. The van der Waals surface area contributed by atoms with Crippen LogP contribution in [0.15, 0.2) is 30.3 Å². The number of nitrogens with zero attached hydrogens (tertiary/aromatic N) is 1. The van der Waals surface area contributed by atoms with Crippen molar-refractivity contribution in [3.63, 3.8) is 0 Å². The lowest BCUT2D eigenvalue weighted by Crippen LogP contribution is -2.53. The highest BCUT2D eigenvalue weighted by atomic mass is 16.5. The van der Waals surface area contributed by atoms with Crippen LogP contribution in [0.4, 0.5) is 4.79 Å². The topological polar surface area (TPSA) is 50.8 Å². The third kappa shape index (κ3) is 4.69. The van der Waals surface area contributed by atoms with Gasteiger partial charge in [0.1, 0.15) is 0 Å². The summed E-state index contributed by atoms with van der Waals surface area (Å²) in [6, 6.07) is 10.4. The highest BCUT2D eigenvalue weighted by molar-refractivity contribution is 5.74. The molecule has 1 heterocycles. The Morgan fingerprint density at radius 2 is 2.17 bits per heavy atom. The maximum Gasteiger partial charge on any atom is 0.317 e. The molecule has 5 heteroatoms. The fourth-order valence-corrected chi connectivity index (χ4v) is 3.13. The van der Waals surface area contributed by atoms with Crippen molar-refractivity contribution in [2.45, 2.75) is 31.4 Å². The van der Waals surface area contributed by atoms with E-state index in [1.807, 2.05) is 23.1 Å². The number of hydrogen-bond donors (Lipinski definition) is 1. The maximum atomic E-state index is 12.5. The summed E-state index contributed by atoms with van der Waals surface area (Å²) < 4.78 is 11.1. The van der Waals surface area contributed by atoms with Crippen LogP contribution in [-0.4, -0.2) is 56.5 Å². The van der Waals surface area contributed by atoms with Crippen molar-refractivity contribution in [1.29, 1.82) is 0 Å². The summed E-state index contributed by atoms with van der Waals surface area (Å²) in [7, 11) is 1.69. The van der Waals surface area contributed by atoms with Crippen LogP contribution in [-0.2, 0) is 15.9 Å². The lowest BCUT2D eigenvalue weighted by Gasteiger charge is -2.34. The Hall–Kier alpha value is -1.59. The second-order valence-corrected chi connectivity index (χ2v) is 6.48. The number of rotatable bonds is 6. The van der Waals surface area contributed by atoms with Crippen molar-refractivity contribution < 1.29 is 14.3 Å². The minimum atomic E-state index is 0.0142. The minimum absolute atomic E-state index is 0.0142. The molecule has 1 saturated heterocycles. The molecule has 1 aliphatic carbocycles. The molecule has 1 aromatic carbocycles. The molecule has 2 aliphatic rings. The normalized spacial score (nSPS) is 22.7. The molecule has 5 nitrogen and oxygen atoms in total.